The highest BCUT2D eigenvalue weighted by molar-refractivity contribution is 7.93. The molecular formula is C19H25ClN4O3S2. The molecule has 2 aromatic rings. The molecule has 1 saturated carbocycles. The summed E-state index contributed by atoms with van der Waals surface area (Å²) >= 11 is 6.93. The van der Waals surface area contributed by atoms with Crippen LogP contribution in [0.4, 0.5) is 5.13 Å². The van der Waals surface area contributed by atoms with Gasteiger partial charge in [-0.3, -0.25) is 9.52 Å². The maximum absolute atomic E-state index is 12.4. The average Bonchev–Trinajstić information content (AvgIpc) is 3.12. The largest absolute Gasteiger partial charge is 0.354 e. The first-order chi connectivity index (χ1) is 13.9. The van der Waals surface area contributed by atoms with Crippen molar-refractivity contribution in [2.24, 2.45) is 0 Å². The summed E-state index contributed by atoms with van der Waals surface area (Å²) in [5, 5.41) is 8.71. The second kappa shape index (κ2) is 10.4. The van der Waals surface area contributed by atoms with Gasteiger partial charge in [-0.25, -0.2) is 13.4 Å². The fourth-order valence-electron chi connectivity index (χ4n) is 3.23. The Bertz CT molecular complexity index is 910. The van der Waals surface area contributed by atoms with Gasteiger partial charge in [-0.2, -0.15) is 0 Å². The molecule has 3 rings (SSSR count). The van der Waals surface area contributed by atoms with Crippen molar-refractivity contribution in [3.05, 3.63) is 40.4 Å². The number of thiazole rings is 1. The van der Waals surface area contributed by atoms with Crippen molar-refractivity contribution in [2.75, 3.05) is 17.8 Å². The molecular weight excluding hydrogens is 432 g/mol. The second-order valence-corrected chi connectivity index (χ2v) is 10.00. The fourth-order valence-corrected chi connectivity index (χ4v) is 5.32. The van der Waals surface area contributed by atoms with Gasteiger partial charge >= 0.3 is 0 Å². The van der Waals surface area contributed by atoms with Gasteiger partial charge in [0.15, 0.2) is 5.13 Å². The normalized spacial score (nSPS) is 15.2. The zero-order valence-corrected chi connectivity index (χ0v) is 18.4. The Labute approximate surface area is 180 Å². The Kier molecular flexibility index (Phi) is 7.88. The van der Waals surface area contributed by atoms with Crippen LogP contribution in [0.1, 0.15) is 37.8 Å². The average molecular weight is 457 g/mol. The zero-order chi connectivity index (χ0) is 20.7. The lowest BCUT2D eigenvalue weighted by atomic mass is 9.95. The molecule has 0 radical (unpaired) electrons. The van der Waals surface area contributed by atoms with Crippen LogP contribution in [0.5, 0.6) is 0 Å². The molecule has 1 aromatic heterocycles. The van der Waals surface area contributed by atoms with Crippen LogP contribution in [-0.4, -0.2) is 38.4 Å². The van der Waals surface area contributed by atoms with Crippen molar-refractivity contribution in [3.8, 4) is 0 Å². The van der Waals surface area contributed by atoms with Crippen LogP contribution in [0, 0.1) is 0 Å². The number of carbonyl (C=O) groups excluding carboxylic acids is 1. The van der Waals surface area contributed by atoms with Gasteiger partial charge in [-0.1, -0.05) is 30.9 Å². The molecule has 0 aliphatic heterocycles. The van der Waals surface area contributed by atoms with Crippen LogP contribution >= 0.6 is 22.9 Å². The lowest BCUT2D eigenvalue weighted by Gasteiger charge is -2.22. The minimum Gasteiger partial charge on any atom is -0.354 e. The van der Waals surface area contributed by atoms with Gasteiger partial charge in [0.2, 0.25) is 5.91 Å². The zero-order valence-electron chi connectivity index (χ0n) is 16.0. The summed E-state index contributed by atoms with van der Waals surface area (Å²) in [6.07, 6.45) is 6.40. The summed E-state index contributed by atoms with van der Waals surface area (Å²) in [4.78, 5) is 16.4. The molecule has 0 saturated heterocycles. The third-order valence-corrected chi connectivity index (χ3v) is 7.27. The van der Waals surface area contributed by atoms with Gasteiger partial charge in [-0.05, 0) is 37.1 Å². The highest BCUT2D eigenvalue weighted by Gasteiger charge is 2.17. The van der Waals surface area contributed by atoms with E-state index in [-0.39, 0.29) is 22.4 Å². The molecule has 10 heteroatoms. The van der Waals surface area contributed by atoms with Crippen molar-refractivity contribution in [3.63, 3.8) is 0 Å². The van der Waals surface area contributed by atoms with Crippen LogP contribution in [0.25, 0.3) is 0 Å². The number of anilines is 1. The molecule has 0 atom stereocenters. The third kappa shape index (κ3) is 6.95. The number of amides is 1. The maximum atomic E-state index is 12.4. The second-order valence-electron chi connectivity index (χ2n) is 7.02. The summed E-state index contributed by atoms with van der Waals surface area (Å²) in [6.45, 7) is 1.31. The monoisotopic (exact) mass is 456 g/mol. The number of hydrogen-bond donors (Lipinski definition) is 3. The van der Waals surface area contributed by atoms with E-state index in [9.17, 15) is 13.2 Å². The Morgan fingerprint density at radius 3 is 2.59 bits per heavy atom. The number of rotatable bonds is 9. The van der Waals surface area contributed by atoms with Crippen LogP contribution in [0.2, 0.25) is 5.02 Å². The lowest BCUT2D eigenvalue weighted by molar-refractivity contribution is -0.120. The van der Waals surface area contributed by atoms with E-state index in [0.29, 0.717) is 23.3 Å². The van der Waals surface area contributed by atoms with Crippen molar-refractivity contribution < 1.29 is 13.2 Å². The molecule has 29 heavy (non-hydrogen) atoms. The molecule has 0 unspecified atom stereocenters. The Morgan fingerprint density at radius 1 is 1.14 bits per heavy atom. The summed E-state index contributed by atoms with van der Waals surface area (Å²) < 4.78 is 27.2. The number of halogens is 1. The molecule has 1 fully saturated rings. The van der Waals surface area contributed by atoms with Crippen molar-refractivity contribution in [1.82, 2.24) is 15.6 Å². The topological polar surface area (TPSA) is 100 Å². The first-order valence-electron chi connectivity index (χ1n) is 9.65. The van der Waals surface area contributed by atoms with Crippen molar-refractivity contribution in [1.29, 1.82) is 0 Å². The van der Waals surface area contributed by atoms with E-state index in [1.807, 2.05) is 0 Å². The highest BCUT2D eigenvalue weighted by atomic mass is 35.5. The van der Waals surface area contributed by atoms with Crippen LogP contribution in [0.3, 0.4) is 0 Å². The molecule has 1 amide bonds. The van der Waals surface area contributed by atoms with E-state index < -0.39 is 10.0 Å². The molecule has 158 valence electrons. The van der Waals surface area contributed by atoms with E-state index in [0.717, 1.165) is 17.9 Å². The number of aromatic nitrogens is 1. The van der Waals surface area contributed by atoms with E-state index >= 15 is 0 Å². The number of nitrogens with zero attached hydrogens (tertiary/aromatic N) is 1. The Morgan fingerprint density at radius 2 is 1.86 bits per heavy atom. The van der Waals surface area contributed by atoms with Gasteiger partial charge in [0.05, 0.1) is 17.0 Å². The Hall–Kier alpha value is -1.68. The van der Waals surface area contributed by atoms with E-state index in [2.05, 4.69) is 20.3 Å². The van der Waals surface area contributed by atoms with Gasteiger partial charge in [0.1, 0.15) is 0 Å². The van der Waals surface area contributed by atoms with Crippen LogP contribution in [0.15, 0.2) is 34.5 Å². The predicted octanol–water partition coefficient (Wildman–Crippen LogP) is 3.18. The SMILES string of the molecule is O=C(Cc1csc(NS(=O)(=O)c2ccc(Cl)cc2)n1)NCCNC1CCCCC1. The first kappa shape index (κ1) is 22.0. The quantitative estimate of drug-likeness (QED) is 0.503. The summed E-state index contributed by atoms with van der Waals surface area (Å²) in [6, 6.07) is 6.44. The fraction of sp³-hybridized carbons (Fsp3) is 0.474. The van der Waals surface area contributed by atoms with Crippen molar-refractivity contribution >= 4 is 44.0 Å². The lowest BCUT2D eigenvalue weighted by Crippen LogP contribution is -2.38. The number of benzene rings is 1. The van der Waals surface area contributed by atoms with E-state index in [1.165, 1.54) is 56.4 Å². The summed E-state index contributed by atoms with van der Waals surface area (Å²) in [5.74, 6) is -0.132. The number of nitrogens with one attached hydrogen (secondary N) is 3. The molecule has 3 N–H and O–H groups in total. The molecule has 1 aromatic carbocycles. The van der Waals surface area contributed by atoms with Gasteiger partial charge in [0.25, 0.3) is 10.0 Å². The molecule has 0 bridgehead atoms. The van der Waals surface area contributed by atoms with E-state index in [4.69, 9.17) is 11.6 Å². The van der Waals surface area contributed by atoms with Crippen LogP contribution < -0.4 is 15.4 Å². The third-order valence-electron chi connectivity index (χ3n) is 4.72. The minimum absolute atomic E-state index is 0.0989. The molecule has 1 aliphatic carbocycles. The van der Waals surface area contributed by atoms with Crippen molar-refractivity contribution in [2.45, 2.75) is 49.5 Å². The number of carbonyl (C=O) groups is 1. The molecule has 1 aliphatic rings. The van der Waals surface area contributed by atoms with Gasteiger partial charge < -0.3 is 10.6 Å². The maximum Gasteiger partial charge on any atom is 0.263 e. The number of hydrogen-bond acceptors (Lipinski definition) is 6. The van der Waals surface area contributed by atoms with E-state index in [1.54, 1.807) is 5.38 Å². The first-order valence-corrected chi connectivity index (χ1v) is 12.4. The highest BCUT2D eigenvalue weighted by Crippen LogP contribution is 2.21. The molecule has 7 nitrogen and oxygen atoms in total. The van der Waals surface area contributed by atoms with Gasteiger partial charge in [-0.15, -0.1) is 11.3 Å². The Balaban J connectivity index is 1.43. The summed E-state index contributed by atoms with van der Waals surface area (Å²) in [7, 11) is -3.74. The van der Waals surface area contributed by atoms with Gasteiger partial charge in [0, 0.05) is 29.5 Å². The molecule has 1 heterocycles. The summed E-state index contributed by atoms with van der Waals surface area (Å²) in [5.41, 5.74) is 0.529. The number of sulfonamides is 1. The minimum atomic E-state index is -3.74. The predicted molar refractivity (Wildman–Crippen MR) is 116 cm³/mol. The van der Waals surface area contributed by atoms with Crippen LogP contribution in [-0.2, 0) is 21.2 Å². The molecule has 0 spiro atoms. The standard InChI is InChI=1S/C19H25ClN4O3S2/c20-14-6-8-17(9-7-14)29(26,27)24-19-23-16(13-28-19)12-18(25)22-11-10-21-15-4-2-1-3-5-15/h6-9,13,15,21H,1-5,10-12H2,(H,22,25)(H,23,24). The smallest absolute Gasteiger partial charge is 0.263 e.